The van der Waals surface area contributed by atoms with E-state index in [1.54, 1.807) is 0 Å². The monoisotopic (exact) mass is 302 g/mol. The van der Waals surface area contributed by atoms with E-state index < -0.39 is 34.6 Å². The van der Waals surface area contributed by atoms with Crippen molar-refractivity contribution in [2.45, 2.75) is 45.4 Å². The summed E-state index contributed by atoms with van der Waals surface area (Å²) in [5.74, 6) is -2.54. The van der Waals surface area contributed by atoms with Crippen LogP contribution in [0.3, 0.4) is 0 Å². The Balaban J connectivity index is 2.81. The lowest BCUT2D eigenvalue weighted by Crippen LogP contribution is -2.04. The highest BCUT2D eigenvalue weighted by Crippen LogP contribution is 2.29. The summed E-state index contributed by atoms with van der Waals surface area (Å²) in [5.41, 5.74) is -0.889. The summed E-state index contributed by atoms with van der Waals surface area (Å²) in [4.78, 5) is 0. The van der Waals surface area contributed by atoms with Crippen molar-refractivity contribution < 1.29 is 22.3 Å². The smallest absolute Gasteiger partial charge is 0.205 e. The lowest BCUT2D eigenvalue weighted by Gasteiger charge is -2.07. The van der Waals surface area contributed by atoms with Crippen molar-refractivity contribution in [3.63, 3.8) is 0 Å². The molecule has 0 heterocycles. The van der Waals surface area contributed by atoms with Crippen molar-refractivity contribution in [2.24, 2.45) is 0 Å². The normalized spacial score (nSPS) is 10.2. The van der Waals surface area contributed by atoms with Crippen LogP contribution in [0, 0.1) is 35.1 Å². The molecule has 0 N–H and O–H groups in total. The van der Waals surface area contributed by atoms with Crippen molar-refractivity contribution in [2.75, 3.05) is 7.11 Å². The van der Waals surface area contributed by atoms with Crippen LogP contribution in [-0.4, -0.2) is 7.11 Å². The third-order valence-electron chi connectivity index (χ3n) is 3.05. The second-order valence-corrected chi connectivity index (χ2v) is 4.63. The van der Waals surface area contributed by atoms with Crippen LogP contribution in [0.2, 0.25) is 0 Å². The number of hydrogen-bond acceptors (Lipinski definition) is 1. The molecular weight excluding hydrogens is 284 g/mol. The third kappa shape index (κ3) is 4.38. The third-order valence-corrected chi connectivity index (χ3v) is 3.05. The summed E-state index contributed by atoms with van der Waals surface area (Å²) in [6.45, 7) is 2.10. The van der Waals surface area contributed by atoms with Crippen LogP contribution in [-0.2, 0) is 0 Å². The second kappa shape index (κ2) is 8.56. The fourth-order valence-electron chi connectivity index (χ4n) is 1.87. The molecular formula is C16H18F4O. The summed E-state index contributed by atoms with van der Waals surface area (Å²) in [5, 5.41) is 0. The van der Waals surface area contributed by atoms with Gasteiger partial charge in [-0.25, -0.2) is 8.78 Å². The van der Waals surface area contributed by atoms with Gasteiger partial charge in [0.25, 0.3) is 0 Å². The zero-order valence-electron chi connectivity index (χ0n) is 12.2. The highest BCUT2D eigenvalue weighted by Gasteiger charge is 2.25. The van der Waals surface area contributed by atoms with Crippen LogP contribution in [0.4, 0.5) is 17.6 Å². The molecule has 0 fully saturated rings. The summed E-state index contributed by atoms with van der Waals surface area (Å²) in [7, 11) is 0.933. The molecule has 0 atom stereocenters. The van der Waals surface area contributed by atoms with Gasteiger partial charge in [-0.05, 0) is 6.42 Å². The van der Waals surface area contributed by atoms with Gasteiger partial charge in [-0.2, -0.15) is 8.78 Å². The highest BCUT2D eigenvalue weighted by molar-refractivity contribution is 5.43. The Bertz CT molecular complexity index is 514. The topological polar surface area (TPSA) is 9.23 Å². The Morgan fingerprint density at radius 3 is 1.95 bits per heavy atom. The number of methoxy groups -OCH3 is 1. The Kier molecular flexibility index (Phi) is 7.07. The van der Waals surface area contributed by atoms with Gasteiger partial charge in [0.15, 0.2) is 17.4 Å². The zero-order chi connectivity index (χ0) is 15.8. The SMILES string of the molecule is CCCCCCCC#Cc1c(F)c(F)c(OC)c(F)c1F. The van der Waals surface area contributed by atoms with Crippen LogP contribution in [0.25, 0.3) is 0 Å². The van der Waals surface area contributed by atoms with Gasteiger partial charge in [0.1, 0.15) is 5.56 Å². The number of benzene rings is 1. The van der Waals surface area contributed by atoms with Gasteiger partial charge in [-0.3, -0.25) is 0 Å². The Labute approximate surface area is 122 Å². The Morgan fingerprint density at radius 1 is 0.857 bits per heavy atom. The molecule has 0 aromatic heterocycles. The molecule has 1 nitrogen and oxygen atoms in total. The molecule has 0 radical (unpaired) electrons. The molecule has 1 aromatic carbocycles. The number of ether oxygens (including phenoxy) is 1. The summed E-state index contributed by atoms with van der Waals surface area (Å²) in [6.07, 6.45) is 5.51. The van der Waals surface area contributed by atoms with Crippen molar-refractivity contribution in [1.29, 1.82) is 0 Å². The van der Waals surface area contributed by atoms with Crippen LogP contribution < -0.4 is 4.74 Å². The van der Waals surface area contributed by atoms with Crippen LogP contribution in [0.15, 0.2) is 0 Å². The van der Waals surface area contributed by atoms with E-state index in [4.69, 9.17) is 0 Å². The maximum atomic E-state index is 13.6. The number of hydrogen-bond donors (Lipinski definition) is 0. The van der Waals surface area contributed by atoms with Gasteiger partial charge in [-0.15, -0.1) is 0 Å². The van der Waals surface area contributed by atoms with Crippen molar-refractivity contribution in [3.8, 4) is 17.6 Å². The summed E-state index contributed by atoms with van der Waals surface area (Å²) >= 11 is 0. The predicted molar refractivity (Wildman–Crippen MR) is 73.1 cm³/mol. The standard InChI is InChI=1S/C16H18F4O/c1-3-4-5-6-7-8-9-10-11-12(17)14(19)16(21-2)15(20)13(11)18/h3-8H2,1-2H3. The van der Waals surface area contributed by atoms with E-state index in [-0.39, 0.29) is 0 Å². The van der Waals surface area contributed by atoms with E-state index >= 15 is 0 Å². The molecule has 0 aliphatic heterocycles. The Hall–Kier alpha value is -1.70. The molecule has 0 spiro atoms. The van der Waals surface area contributed by atoms with Crippen molar-refractivity contribution in [3.05, 3.63) is 28.8 Å². The van der Waals surface area contributed by atoms with Crippen LogP contribution >= 0.6 is 0 Å². The van der Waals surface area contributed by atoms with Gasteiger partial charge in [-0.1, -0.05) is 44.4 Å². The molecule has 116 valence electrons. The largest absolute Gasteiger partial charge is 0.491 e. The van der Waals surface area contributed by atoms with Crippen LogP contribution in [0.1, 0.15) is 51.0 Å². The Morgan fingerprint density at radius 2 is 1.43 bits per heavy atom. The molecule has 0 amide bonds. The van der Waals surface area contributed by atoms with E-state index in [2.05, 4.69) is 23.5 Å². The predicted octanol–water partition coefficient (Wildman–Crippen LogP) is 4.96. The van der Waals surface area contributed by atoms with Crippen molar-refractivity contribution >= 4 is 0 Å². The van der Waals surface area contributed by atoms with E-state index in [9.17, 15) is 17.6 Å². The van der Waals surface area contributed by atoms with Crippen molar-refractivity contribution in [1.82, 2.24) is 0 Å². The quantitative estimate of drug-likeness (QED) is 0.312. The first-order valence-corrected chi connectivity index (χ1v) is 6.93. The average Bonchev–Trinajstić information content (AvgIpc) is 2.48. The molecule has 1 rings (SSSR count). The van der Waals surface area contributed by atoms with E-state index in [0.29, 0.717) is 6.42 Å². The molecule has 0 saturated heterocycles. The molecule has 0 aliphatic rings. The van der Waals surface area contributed by atoms with Crippen LogP contribution in [0.5, 0.6) is 5.75 Å². The maximum absolute atomic E-state index is 13.6. The average molecular weight is 302 g/mol. The lowest BCUT2D eigenvalue weighted by atomic mass is 10.1. The van der Waals surface area contributed by atoms with Gasteiger partial charge in [0.05, 0.1) is 7.11 Å². The molecule has 0 saturated carbocycles. The first-order chi connectivity index (χ1) is 10.0. The maximum Gasteiger partial charge on any atom is 0.205 e. The zero-order valence-corrected chi connectivity index (χ0v) is 12.2. The molecule has 21 heavy (non-hydrogen) atoms. The number of halogens is 4. The van der Waals surface area contributed by atoms with Gasteiger partial charge < -0.3 is 4.74 Å². The first kappa shape index (κ1) is 17.4. The summed E-state index contributed by atoms with van der Waals surface area (Å²) < 4.78 is 58.4. The van der Waals surface area contributed by atoms with E-state index in [0.717, 1.165) is 39.2 Å². The van der Waals surface area contributed by atoms with E-state index in [1.807, 2.05) is 0 Å². The number of unbranched alkanes of at least 4 members (excludes halogenated alkanes) is 5. The number of rotatable bonds is 6. The van der Waals surface area contributed by atoms with Gasteiger partial charge in [0, 0.05) is 6.42 Å². The minimum atomic E-state index is -1.57. The summed E-state index contributed by atoms with van der Waals surface area (Å²) in [6, 6.07) is 0. The minimum absolute atomic E-state index is 0.428. The van der Waals surface area contributed by atoms with E-state index in [1.165, 1.54) is 0 Å². The van der Waals surface area contributed by atoms with Gasteiger partial charge in [0.2, 0.25) is 11.6 Å². The molecule has 0 bridgehead atoms. The lowest BCUT2D eigenvalue weighted by molar-refractivity contribution is 0.331. The minimum Gasteiger partial charge on any atom is -0.491 e. The second-order valence-electron chi connectivity index (χ2n) is 4.63. The fourth-order valence-corrected chi connectivity index (χ4v) is 1.87. The molecule has 5 heteroatoms. The first-order valence-electron chi connectivity index (χ1n) is 6.93. The molecule has 0 unspecified atom stereocenters. The highest BCUT2D eigenvalue weighted by atomic mass is 19.2. The molecule has 1 aromatic rings. The molecule has 0 aliphatic carbocycles. The fraction of sp³-hybridized carbons (Fsp3) is 0.500. The van der Waals surface area contributed by atoms with Gasteiger partial charge >= 0.3 is 0 Å².